The first-order chi connectivity index (χ1) is 3.42. The topological polar surface area (TPSA) is 86.5 Å². The maximum atomic E-state index is 9.78. The summed E-state index contributed by atoms with van der Waals surface area (Å²) in [5.41, 5.74) is 0. The molecule has 50 valence electrons. The van der Waals surface area contributed by atoms with E-state index in [0.29, 0.717) is 0 Å². The first-order valence-electron chi connectivity index (χ1n) is 1.64. The monoisotopic (exact) mass is 179 g/mol. The first-order valence-corrected chi connectivity index (χ1v) is 3.12. The van der Waals surface area contributed by atoms with E-state index in [1.807, 2.05) is 0 Å². The van der Waals surface area contributed by atoms with Crippen molar-refractivity contribution in [2.75, 3.05) is 0 Å². The van der Waals surface area contributed by atoms with Gasteiger partial charge in [0.15, 0.2) is 0 Å². The van der Waals surface area contributed by atoms with Crippen molar-refractivity contribution in [3.8, 4) is 0 Å². The summed E-state index contributed by atoms with van der Waals surface area (Å²) in [4.78, 5) is 9.78. The van der Waals surface area contributed by atoms with Crippen LogP contribution in [0.1, 0.15) is 6.92 Å². The van der Waals surface area contributed by atoms with Crippen LogP contribution in [0.25, 0.3) is 0 Å². The van der Waals surface area contributed by atoms with Crippen LogP contribution in [0.3, 0.4) is 0 Å². The van der Waals surface area contributed by atoms with Crippen LogP contribution >= 0.6 is 0 Å². The van der Waals surface area contributed by atoms with Gasteiger partial charge < -0.3 is 4.18 Å². The van der Waals surface area contributed by atoms with Crippen LogP contribution < -0.4 is 5.14 Å². The fourth-order valence-corrected chi connectivity index (χ4v) is 0.491. The van der Waals surface area contributed by atoms with Gasteiger partial charge in [0.05, 0.1) is 0 Å². The van der Waals surface area contributed by atoms with Crippen LogP contribution in [0, 0.1) is 0 Å². The Morgan fingerprint density at radius 2 is 1.89 bits per heavy atom. The fraction of sp³-hybridized carbons (Fsp3) is 0.500. The van der Waals surface area contributed by atoms with Crippen molar-refractivity contribution in [3.63, 3.8) is 0 Å². The molecule has 0 radical (unpaired) electrons. The molecule has 0 bridgehead atoms. The summed E-state index contributed by atoms with van der Waals surface area (Å²) in [6, 6.07) is 0. The van der Waals surface area contributed by atoms with E-state index < -0.39 is 16.3 Å². The quantitative estimate of drug-likeness (QED) is 0.476. The zero-order valence-electron chi connectivity index (χ0n) is 4.12. The van der Waals surface area contributed by atoms with Gasteiger partial charge in [-0.1, -0.05) is 0 Å². The number of carbonyl (C=O) groups excluding carboxylic acids is 1. The molecule has 0 fully saturated rings. The van der Waals surface area contributed by atoms with Crippen LogP contribution in [-0.2, 0) is 19.3 Å². The number of rotatable bonds is 1. The molecule has 0 aliphatic rings. The third-order valence-electron chi connectivity index (χ3n) is 0.234. The molecule has 0 aliphatic carbocycles. The summed E-state index contributed by atoms with van der Waals surface area (Å²) in [5, 5.41) is 4.27. The molecule has 0 heterocycles. The van der Waals surface area contributed by atoms with Gasteiger partial charge in [-0.25, -0.2) is 0 Å². The third kappa shape index (κ3) is 12.3. The minimum absolute atomic E-state index is 0. The molecule has 0 spiro atoms. The van der Waals surface area contributed by atoms with E-state index in [2.05, 4.69) is 9.32 Å². The zero-order chi connectivity index (χ0) is 6.78. The molecule has 0 saturated carbocycles. The SMILES string of the molecule is CC(=O)OS(N)(=O)=O.[KH]. The molecule has 0 aromatic carbocycles. The Labute approximate surface area is 95.6 Å². The Bertz CT molecular complexity index is 185. The number of hydrogen-bond donors (Lipinski definition) is 1. The van der Waals surface area contributed by atoms with Gasteiger partial charge in [0.1, 0.15) is 0 Å². The van der Waals surface area contributed by atoms with Crippen LogP contribution in [0.4, 0.5) is 0 Å². The van der Waals surface area contributed by atoms with Crippen LogP contribution in [0.15, 0.2) is 0 Å². The fourth-order valence-electron chi connectivity index (χ4n) is 0.164. The van der Waals surface area contributed by atoms with Crippen molar-refractivity contribution >= 4 is 67.7 Å². The maximum absolute atomic E-state index is 9.78. The molecule has 0 rings (SSSR count). The third-order valence-corrected chi connectivity index (χ3v) is 0.701. The second-order valence-corrected chi connectivity index (χ2v) is 2.22. The van der Waals surface area contributed by atoms with Gasteiger partial charge in [-0.2, -0.15) is 13.6 Å². The summed E-state index contributed by atoms with van der Waals surface area (Å²) in [6.45, 7) is 0.949. The molecule has 0 aromatic rings. The molecule has 0 saturated heterocycles. The average molecular weight is 179 g/mol. The van der Waals surface area contributed by atoms with Crippen molar-refractivity contribution in [2.24, 2.45) is 5.14 Å². The molecule has 0 aromatic heterocycles. The van der Waals surface area contributed by atoms with Gasteiger partial charge in [0, 0.05) is 6.92 Å². The molecule has 0 unspecified atom stereocenters. The van der Waals surface area contributed by atoms with Gasteiger partial charge >= 0.3 is 67.7 Å². The van der Waals surface area contributed by atoms with Gasteiger partial charge in [-0.3, -0.25) is 4.79 Å². The molecule has 9 heavy (non-hydrogen) atoms. The summed E-state index contributed by atoms with van der Waals surface area (Å²) in [7, 11) is -4.07. The molecule has 5 nitrogen and oxygen atoms in total. The van der Waals surface area contributed by atoms with Gasteiger partial charge in [-0.05, 0) is 0 Å². The van der Waals surface area contributed by atoms with Crippen LogP contribution in [-0.4, -0.2) is 65.8 Å². The second-order valence-electron chi connectivity index (χ2n) is 1.07. The van der Waals surface area contributed by atoms with E-state index in [-0.39, 0.29) is 51.4 Å². The van der Waals surface area contributed by atoms with E-state index in [1.165, 1.54) is 0 Å². The van der Waals surface area contributed by atoms with E-state index in [9.17, 15) is 13.2 Å². The van der Waals surface area contributed by atoms with Crippen LogP contribution in [0.5, 0.6) is 0 Å². The summed E-state index contributed by atoms with van der Waals surface area (Å²) in [5.74, 6) is -0.937. The summed E-state index contributed by atoms with van der Waals surface area (Å²) < 4.78 is 23.1. The van der Waals surface area contributed by atoms with E-state index in [4.69, 9.17) is 0 Å². The van der Waals surface area contributed by atoms with Crippen LogP contribution in [0.2, 0.25) is 0 Å². The van der Waals surface area contributed by atoms with E-state index in [0.717, 1.165) is 6.92 Å². The normalized spacial score (nSPS) is 9.56. The summed E-state index contributed by atoms with van der Waals surface area (Å²) >= 11 is 0. The van der Waals surface area contributed by atoms with Crippen molar-refractivity contribution < 1.29 is 17.4 Å². The minimum atomic E-state index is -4.07. The van der Waals surface area contributed by atoms with Crippen molar-refractivity contribution in [2.45, 2.75) is 6.92 Å². The van der Waals surface area contributed by atoms with Crippen molar-refractivity contribution in [1.82, 2.24) is 0 Å². The Morgan fingerprint density at radius 3 is 1.89 bits per heavy atom. The number of hydrogen-bond acceptors (Lipinski definition) is 4. The Hall–Kier alpha value is 1.02. The van der Waals surface area contributed by atoms with E-state index in [1.54, 1.807) is 0 Å². The molecule has 2 N–H and O–H groups in total. The average Bonchev–Trinajstić information content (AvgIpc) is 1.21. The number of carbonyl (C=O) groups is 1. The Balaban J connectivity index is 0. The number of nitrogens with two attached hydrogens (primary N) is 1. The predicted octanol–water partition coefficient (Wildman–Crippen LogP) is -1.90. The molecule has 0 aliphatic heterocycles. The van der Waals surface area contributed by atoms with Gasteiger partial charge in [0.25, 0.3) is 0 Å². The zero-order valence-corrected chi connectivity index (χ0v) is 4.94. The molecular weight excluding hydrogens is 173 g/mol. The second kappa shape index (κ2) is 4.77. The summed E-state index contributed by atoms with van der Waals surface area (Å²) in [6.07, 6.45) is 0. The molecule has 0 atom stereocenters. The van der Waals surface area contributed by atoms with Gasteiger partial charge in [-0.15, -0.1) is 0 Å². The molecule has 0 amide bonds. The van der Waals surface area contributed by atoms with Crippen molar-refractivity contribution in [1.29, 1.82) is 0 Å². The Kier molecular flexibility index (Phi) is 6.72. The molecular formula is C2H6KNO4S. The first kappa shape index (κ1) is 12.7. The predicted molar refractivity (Wildman–Crippen MR) is 32.0 cm³/mol. The van der Waals surface area contributed by atoms with Gasteiger partial charge in [0.2, 0.25) is 0 Å². The molecule has 7 heteroatoms. The van der Waals surface area contributed by atoms with E-state index >= 15 is 0 Å². The Morgan fingerprint density at radius 1 is 1.56 bits per heavy atom. The van der Waals surface area contributed by atoms with Crippen molar-refractivity contribution in [3.05, 3.63) is 0 Å². The standard InChI is InChI=1S/C2H5NO4S.K.H/c1-2(4)7-8(3,5)6;;/h1H3,(H2,3,5,6);;.